The first kappa shape index (κ1) is 12.0. The van der Waals surface area contributed by atoms with E-state index >= 15 is 0 Å². The van der Waals surface area contributed by atoms with E-state index in [1.807, 2.05) is 12.1 Å². The third-order valence-electron chi connectivity index (χ3n) is 3.18. The van der Waals surface area contributed by atoms with Crippen LogP contribution < -0.4 is 10.6 Å². The van der Waals surface area contributed by atoms with Crippen LogP contribution in [0.3, 0.4) is 0 Å². The molecule has 2 rings (SSSR count). The molecule has 92 valence electrons. The molecule has 1 saturated heterocycles. The Morgan fingerprint density at radius 2 is 2.24 bits per heavy atom. The van der Waals surface area contributed by atoms with Crippen LogP contribution in [-0.4, -0.2) is 23.5 Å². The lowest BCUT2D eigenvalue weighted by Crippen LogP contribution is -2.34. The second-order valence-electron chi connectivity index (χ2n) is 4.56. The SMILES string of the molecule is C[C@@H](NC1CCCNC(=O)C1)c1ccncc1. The minimum atomic E-state index is 0.155. The molecule has 1 aromatic heterocycles. The zero-order chi connectivity index (χ0) is 12.1. The molecule has 0 saturated carbocycles. The Bertz CT molecular complexity index is 366. The van der Waals surface area contributed by atoms with Crippen molar-refractivity contribution in [2.75, 3.05) is 6.54 Å². The van der Waals surface area contributed by atoms with Gasteiger partial charge in [-0.1, -0.05) is 0 Å². The van der Waals surface area contributed by atoms with Gasteiger partial charge >= 0.3 is 0 Å². The Balaban J connectivity index is 1.93. The number of carbonyl (C=O) groups excluding carboxylic acids is 1. The summed E-state index contributed by atoms with van der Waals surface area (Å²) in [6.45, 7) is 2.93. The van der Waals surface area contributed by atoms with Gasteiger partial charge in [0.2, 0.25) is 5.91 Å². The van der Waals surface area contributed by atoms with E-state index in [0.29, 0.717) is 6.42 Å². The maximum Gasteiger partial charge on any atom is 0.221 e. The first-order valence-corrected chi connectivity index (χ1v) is 6.18. The number of nitrogens with one attached hydrogen (secondary N) is 2. The van der Waals surface area contributed by atoms with Gasteiger partial charge < -0.3 is 10.6 Å². The van der Waals surface area contributed by atoms with Gasteiger partial charge in [-0.3, -0.25) is 9.78 Å². The number of rotatable bonds is 3. The zero-order valence-corrected chi connectivity index (χ0v) is 10.1. The van der Waals surface area contributed by atoms with E-state index in [9.17, 15) is 4.79 Å². The predicted octanol–water partition coefficient (Wildman–Crippen LogP) is 1.40. The largest absolute Gasteiger partial charge is 0.356 e. The second kappa shape index (κ2) is 5.77. The Morgan fingerprint density at radius 1 is 1.47 bits per heavy atom. The van der Waals surface area contributed by atoms with Gasteiger partial charge in [-0.2, -0.15) is 0 Å². The summed E-state index contributed by atoms with van der Waals surface area (Å²) in [6, 6.07) is 4.55. The van der Waals surface area contributed by atoms with Gasteiger partial charge in [-0.15, -0.1) is 0 Å². The Kier molecular flexibility index (Phi) is 4.09. The standard InChI is InChI=1S/C13H19N3O/c1-10(11-4-7-14-8-5-11)16-12-3-2-6-15-13(17)9-12/h4-5,7-8,10,12,16H,2-3,6,9H2,1H3,(H,15,17)/t10-,12?/m1/s1. The van der Waals surface area contributed by atoms with Crippen LogP contribution in [0.15, 0.2) is 24.5 Å². The molecule has 4 nitrogen and oxygen atoms in total. The average Bonchev–Trinajstić information content (AvgIpc) is 2.55. The van der Waals surface area contributed by atoms with Gasteiger partial charge in [0.15, 0.2) is 0 Å². The Hall–Kier alpha value is -1.42. The summed E-state index contributed by atoms with van der Waals surface area (Å²) < 4.78 is 0. The molecule has 17 heavy (non-hydrogen) atoms. The number of carbonyl (C=O) groups is 1. The van der Waals surface area contributed by atoms with Crippen molar-refractivity contribution in [2.45, 2.75) is 38.3 Å². The van der Waals surface area contributed by atoms with Crippen LogP contribution in [0.4, 0.5) is 0 Å². The second-order valence-corrected chi connectivity index (χ2v) is 4.56. The van der Waals surface area contributed by atoms with Crippen molar-refractivity contribution in [3.63, 3.8) is 0 Å². The molecule has 0 aliphatic carbocycles. The van der Waals surface area contributed by atoms with Crippen LogP contribution in [-0.2, 0) is 4.79 Å². The molecular formula is C13H19N3O. The van der Waals surface area contributed by atoms with Crippen molar-refractivity contribution in [2.24, 2.45) is 0 Å². The molecule has 2 N–H and O–H groups in total. The highest BCUT2D eigenvalue weighted by Crippen LogP contribution is 2.15. The molecule has 0 bridgehead atoms. The lowest BCUT2D eigenvalue weighted by atomic mass is 10.1. The summed E-state index contributed by atoms with van der Waals surface area (Å²) in [4.78, 5) is 15.5. The highest BCUT2D eigenvalue weighted by molar-refractivity contribution is 5.76. The lowest BCUT2D eigenvalue weighted by molar-refractivity contribution is -0.121. The number of hydrogen-bond donors (Lipinski definition) is 2. The Morgan fingerprint density at radius 3 is 3.00 bits per heavy atom. The Labute approximate surface area is 102 Å². The van der Waals surface area contributed by atoms with E-state index in [1.54, 1.807) is 12.4 Å². The molecule has 1 amide bonds. The van der Waals surface area contributed by atoms with Crippen molar-refractivity contribution in [3.05, 3.63) is 30.1 Å². The molecule has 0 radical (unpaired) electrons. The van der Waals surface area contributed by atoms with E-state index in [1.165, 1.54) is 5.56 Å². The van der Waals surface area contributed by atoms with Crippen LogP contribution in [0.2, 0.25) is 0 Å². The first-order valence-electron chi connectivity index (χ1n) is 6.18. The fourth-order valence-electron chi connectivity index (χ4n) is 2.22. The van der Waals surface area contributed by atoms with Crippen molar-refractivity contribution < 1.29 is 4.79 Å². The van der Waals surface area contributed by atoms with Gasteiger partial charge in [0.1, 0.15) is 0 Å². The quantitative estimate of drug-likeness (QED) is 0.829. The van der Waals surface area contributed by atoms with E-state index in [0.717, 1.165) is 19.4 Å². The maximum absolute atomic E-state index is 11.5. The molecule has 1 fully saturated rings. The maximum atomic E-state index is 11.5. The van der Waals surface area contributed by atoms with Crippen molar-refractivity contribution in [1.82, 2.24) is 15.6 Å². The van der Waals surface area contributed by atoms with Crippen LogP contribution in [0, 0.1) is 0 Å². The molecule has 1 aromatic rings. The smallest absolute Gasteiger partial charge is 0.221 e. The minimum absolute atomic E-state index is 0.155. The molecule has 2 heterocycles. The highest BCUT2D eigenvalue weighted by Gasteiger charge is 2.19. The van der Waals surface area contributed by atoms with Gasteiger partial charge in [0.05, 0.1) is 0 Å². The van der Waals surface area contributed by atoms with Gasteiger partial charge in [-0.25, -0.2) is 0 Å². The third kappa shape index (κ3) is 3.53. The molecule has 1 unspecified atom stereocenters. The third-order valence-corrected chi connectivity index (χ3v) is 3.18. The molecule has 1 aliphatic heterocycles. The normalized spacial score (nSPS) is 22.6. The summed E-state index contributed by atoms with van der Waals surface area (Å²) in [6.07, 6.45) is 6.27. The molecule has 0 aromatic carbocycles. The van der Waals surface area contributed by atoms with E-state index in [-0.39, 0.29) is 18.0 Å². The van der Waals surface area contributed by atoms with Crippen LogP contribution in [0.5, 0.6) is 0 Å². The van der Waals surface area contributed by atoms with Crippen LogP contribution in [0.25, 0.3) is 0 Å². The van der Waals surface area contributed by atoms with E-state index in [4.69, 9.17) is 0 Å². The lowest BCUT2D eigenvalue weighted by Gasteiger charge is -2.21. The number of hydrogen-bond acceptors (Lipinski definition) is 3. The summed E-state index contributed by atoms with van der Waals surface area (Å²) >= 11 is 0. The number of nitrogens with zero attached hydrogens (tertiary/aromatic N) is 1. The number of aromatic nitrogens is 1. The van der Waals surface area contributed by atoms with Crippen molar-refractivity contribution in [1.29, 1.82) is 0 Å². The average molecular weight is 233 g/mol. The van der Waals surface area contributed by atoms with Crippen LogP contribution in [0.1, 0.15) is 37.8 Å². The van der Waals surface area contributed by atoms with Gasteiger partial charge in [0.25, 0.3) is 0 Å². The summed E-state index contributed by atoms with van der Waals surface area (Å²) in [5.41, 5.74) is 1.21. The van der Waals surface area contributed by atoms with Gasteiger partial charge in [-0.05, 0) is 37.5 Å². The topological polar surface area (TPSA) is 54.0 Å². The van der Waals surface area contributed by atoms with Crippen molar-refractivity contribution >= 4 is 5.91 Å². The fraction of sp³-hybridized carbons (Fsp3) is 0.538. The molecular weight excluding hydrogens is 214 g/mol. The fourth-order valence-corrected chi connectivity index (χ4v) is 2.22. The predicted molar refractivity (Wildman–Crippen MR) is 66.4 cm³/mol. The van der Waals surface area contributed by atoms with E-state index < -0.39 is 0 Å². The molecule has 0 spiro atoms. The molecule has 1 aliphatic rings. The van der Waals surface area contributed by atoms with Crippen LogP contribution >= 0.6 is 0 Å². The number of pyridine rings is 1. The first-order chi connectivity index (χ1) is 8.25. The highest BCUT2D eigenvalue weighted by atomic mass is 16.1. The van der Waals surface area contributed by atoms with Crippen molar-refractivity contribution in [3.8, 4) is 0 Å². The minimum Gasteiger partial charge on any atom is -0.356 e. The summed E-state index contributed by atoms with van der Waals surface area (Å²) in [5.74, 6) is 0.155. The van der Waals surface area contributed by atoms with E-state index in [2.05, 4.69) is 22.5 Å². The number of amides is 1. The molecule has 2 atom stereocenters. The summed E-state index contributed by atoms with van der Waals surface area (Å²) in [5, 5.41) is 6.42. The monoisotopic (exact) mass is 233 g/mol. The van der Waals surface area contributed by atoms with Gasteiger partial charge in [0, 0.05) is 37.4 Å². The summed E-state index contributed by atoms with van der Waals surface area (Å²) in [7, 11) is 0. The molecule has 4 heteroatoms. The zero-order valence-electron chi connectivity index (χ0n) is 10.1.